The van der Waals surface area contributed by atoms with E-state index in [1.54, 1.807) is 0 Å². The maximum absolute atomic E-state index is 8.51. The lowest BCUT2D eigenvalue weighted by Crippen LogP contribution is -1.85. The molecule has 0 amide bonds. The first-order valence-corrected chi connectivity index (χ1v) is 4.98. The molecule has 2 aromatic rings. The maximum atomic E-state index is 8.51. The standard InChI is InChI=1S/C12H11N3O/c1-8-3-4-10(7-9(8)2)12-14-11(5-6-13)15-16-12/h3-4,7H,5H2,1-2H3. The van der Waals surface area contributed by atoms with E-state index in [-0.39, 0.29) is 6.42 Å². The van der Waals surface area contributed by atoms with Gasteiger partial charge in [0.2, 0.25) is 0 Å². The fraction of sp³-hybridized carbons (Fsp3) is 0.250. The molecule has 0 unspecified atom stereocenters. The van der Waals surface area contributed by atoms with Gasteiger partial charge in [-0.2, -0.15) is 10.2 Å². The number of aryl methyl sites for hydroxylation is 2. The van der Waals surface area contributed by atoms with Crippen LogP contribution >= 0.6 is 0 Å². The van der Waals surface area contributed by atoms with Crippen molar-refractivity contribution in [3.8, 4) is 17.5 Å². The predicted molar refractivity (Wildman–Crippen MR) is 58.5 cm³/mol. The van der Waals surface area contributed by atoms with Gasteiger partial charge < -0.3 is 4.52 Å². The molecule has 4 heteroatoms. The fourth-order valence-electron chi connectivity index (χ4n) is 1.39. The number of hydrogen-bond donors (Lipinski definition) is 0. The first kappa shape index (κ1) is 10.4. The number of aromatic nitrogens is 2. The van der Waals surface area contributed by atoms with Crippen LogP contribution in [0.2, 0.25) is 0 Å². The lowest BCUT2D eigenvalue weighted by atomic mass is 10.1. The molecular weight excluding hydrogens is 202 g/mol. The van der Waals surface area contributed by atoms with Crippen LogP contribution in [0.3, 0.4) is 0 Å². The first-order valence-electron chi connectivity index (χ1n) is 4.98. The number of benzene rings is 1. The Hall–Kier alpha value is -2.15. The van der Waals surface area contributed by atoms with Gasteiger partial charge in [-0.3, -0.25) is 0 Å². The Morgan fingerprint density at radius 2 is 2.12 bits per heavy atom. The maximum Gasteiger partial charge on any atom is 0.257 e. The van der Waals surface area contributed by atoms with Crippen LogP contribution in [0.15, 0.2) is 22.7 Å². The Morgan fingerprint density at radius 3 is 2.81 bits per heavy atom. The highest BCUT2D eigenvalue weighted by Crippen LogP contribution is 2.20. The van der Waals surface area contributed by atoms with Crippen molar-refractivity contribution in [2.75, 3.05) is 0 Å². The van der Waals surface area contributed by atoms with Crippen LogP contribution in [-0.4, -0.2) is 10.1 Å². The molecule has 4 nitrogen and oxygen atoms in total. The zero-order valence-electron chi connectivity index (χ0n) is 9.19. The van der Waals surface area contributed by atoms with Gasteiger partial charge in [-0.25, -0.2) is 0 Å². The molecule has 0 aliphatic heterocycles. The van der Waals surface area contributed by atoms with Crippen LogP contribution in [0.1, 0.15) is 17.0 Å². The minimum absolute atomic E-state index is 0.175. The minimum atomic E-state index is 0.175. The van der Waals surface area contributed by atoms with Crippen molar-refractivity contribution in [3.63, 3.8) is 0 Å². The third kappa shape index (κ3) is 1.94. The Bertz CT molecular complexity index is 552. The number of nitrogens with zero attached hydrogens (tertiary/aromatic N) is 3. The molecule has 16 heavy (non-hydrogen) atoms. The first-order chi connectivity index (χ1) is 7.70. The molecule has 0 saturated heterocycles. The van der Waals surface area contributed by atoms with E-state index in [1.807, 2.05) is 38.1 Å². The van der Waals surface area contributed by atoms with Crippen LogP contribution in [0.25, 0.3) is 11.5 Å². The Morgan fingerprint density at radius 1 is 1.31 bits per heavy atom. The van der Waals surface area contributed by atoms with E-state index in [2.05, 4.69) is 10.1 Å². The zero-order chi connectivity index (χ0) is 11.5. The highest BCUT2D eigenvalue weighted by atomic mass is 16.5. The third-order valence-electron chi connectivity index (χ3n) is 2.46. The fourth-order valence-corrected chi connectivity index (χ4v) is 1.39. The summed E-state index contributed by atoms with van der Waals surface area (Å²) >= 11 is 0. The normalized spacial score (nSPS) is 10.1. The molecule has 0 atom stereocenters. The van der Waals surface area contributed by atoms with Gasteiger partial charge in [0, 0.05) is 5.56 Å². The van der Waals surface area contributed by atoms with Crippen LogP contribution in [0.5, 0.6) is 0 Å². The average molecular weight is 213 g/mol. The molecule has 2 rings (SSSR count). The summed E-state index contributed by atoms with van der Waals surface area (Å²) in [5.41, 5.74) is 3.29. The third-order valence-corrected chi connectivity index (χ3v) is 2.46. The van der Waals surface area contributed by atoms with Crippen molar-refractivity contribution < 1.29 is 4.52 Å². The molecule has 0 radical (unpaired) electrons. The highest BCUT2D eigenvalue weighted by Gasteiger charge is 2.08. The van der Waals surface area contributed by atoms with Gasteiger partial charge in [0.15, 0.2) is 5.82 Å². The second-order valence-corrected chi connectivity index (χ2v) is 3.65. The lowest BCUT2D eigenvalue weighted by Gasteiger charge is -2.00. The minimum Gasteiger partial charge on any atom is -0.334 e. The summed E-state index contributed by atoms with van der Waals surface area (Å²) in [5, 5.41) is 12.2. The zero-order valence-corrected chi connectivity index (χ0v) is 9.19. The van der Waals surface area contributed by atoms with Gasteiger partial charge in [-0.1, -0.05) is 11.2 Å². The van der Waals surface area contributed by atoms with E-state index < -0.39 is 0 Å². The van der Waals surface area contributed by atoms with Crippen molar-refractivity contribution in [1.82, 2.24) is 10.1 Å². The number of nitriles is 1. The van der Waals surface area contributed by atoms with Gasteiger partial charge in [-0.15, -0.1) is 0 Å². The van der Waals surface area contributed by atoms with Gasteiger partial charge in [0.05, 0.1) is 12.5 Å². The van der Waals surface area contributed by atoms with Gasteiger partial charge in [0.1, 0.15) is 0 Å². The van der Waals surface area contributed by atoms with Crippen LogP contribution < -0.4 is 0 Å². The smallest absolute Gasteiger partial charge is 0.257 e. The number of rotatable bonds is 2. The largest absolute Gasteiger partial charge is 0.334 e. The van der Waals surface area contributed by atoms with Crippen LogP contribution in [-0.2, 0) is 6.42 Å². The molecule has 0 bridgehead atoms. The quantitative estimate of drug-likeness (QED) is 0.768. The lowest BCUT2D eigenvalue weighted by molar-refractivity contribution is 0.424. The molecule has 0 N–H and O–H groups in total. The molecule has 1 aromatic heterocycles. The molecule has 1 heterocycles. The van der Waals surface area contributed by atoms with E-state index in [4.69, 9.17) is 9.78 Å². The SMILES string of the molecule is Cc1ccc(-c2nc(CC#N)no2)cc1C. The van der Waals surface area contributed by atoms with Crippen LogP contribution in [0, 0.1) is 25.2 Å². The van der Waals surface area contributed by atoms with Gasteiger partial charge in [-0.05, 0) is 37.1 Å². The Kier molecular flexibility index (Phi) is 2.69. The second kappa shape index (κ2) is 4.15. The molecule has 0 aliphatic rings. The Labute approximate surface area is 93.5 Å². The molecule has 0 spiro atoms. The van der Waals surface area contributed by atoms with Crippen molar-refractivity contribution in [2.24, 2.45) is 0 Å². The van der Waals surface area contributed by atoms with Crippen molar-refractivity contribution in [2.45, 2.75) is 20.3 Å². The van der Waals surface area contributed by atoms with Gasteiger partial charge >= 0.3 is 0 Å². The predicted octanol–water partition coefficient (Wildman–Crippen LogP) is 2.42. The topological polar surface area (TPSA) is 62.7 Å². The summed E-state index contributed by atoms with van der Waals surface area (Å²) in [4.78, 5) is 4.14. The van der Waals surface area contributed by atoms with Gasteiger partial charge in [0.25, 0.3) is 5.89 Å². The summed E-state index contributed by atoms with van der Waals surface area (Å²) in [7, 11) is 0. The summed E-state index contributed by atoms with van der Waals surface area (Å²) in [6, 6.07) is 7.93. The van der Waals surface area contributed by atoms with Crippen LogP contribution in [0.4, 0.5) is 0 Å². The second-order valence-electron chi connectivity index (χ2n) is 3.65. The molecular formula is C12H11N3O. The highest BCUT2D eigenvalue weighted by molar-refractivity contribution is 5.55. The summed E-state index contributed by atoms with van der Waals surface area (Å²) in [6.45, 7) is 4.08. The summed E-state index contributed by atoms with van der Waals surface area (Å²) in [6.07, 6.45) is 0.175. The van der Waals surface area contributed by atoms with E-state index in [0.29, 0.717) is 11.7 Å². The monoisotopic (exact) mass is 213 g/mol. The van der Waals surface area contributed by atoms with E-state index in [9.17, 15) is 0 Å². The summed E-state index contributed by atoms with van der Waals surface area (Å²) < 4.78 is 5.09. The molecule has 0 aliphatic carbocycles. The molecule has 80 valence electrons. The van der Waals surface area contributed by atoms with Crippen molar-refractivity contribution in [1.29, 1.82) is 5.26 Å². The van der Waals surface area contributed by atoms with Crippen molar-refractivity contribution in [3.05, 3.63) is 35.2 Å². The van der Waals surface area contributed by atoms with E-state index in [0.717, 1.165) is 5.56 Å². The Balaban J connectivity index is 2.36. The average Bonchev–Trinajstić information content (AvgIpc) is 2.71. The summed E-state index contributed by atoms with van der Waals surface area (Å²) in [5.74, 6) is 0.893. The number of hydrogen-bond acceptors (Lipinski definition) is 4. The van der Waals surface area contributed by atoms with E-state index in [1.165, 1.54) is 11.1 Å². The molecule has 1 aromatic carbocycles. The molecule has 0 fully saturated rings. The van der Waals surface area contributed by atoms with E-state index >= 15 is 0 Å². The molecule has 0 saturated carbocycles. The van der Waals surface area contributed by atoms with Crippen molar-refractivity contribution >= 4 is 0 Å².